The molecule has 0 heterocycles. The smallest absolute Gasteiger partial charge is 0.328 e. The highest BCUT2D eigenvalue weighted by atomic mass is 16.4. The second-order valence-corrected chi connectivity index (χ2v) is 1.69. The fourth-order valence-electron chi connectivity index (χ4n) is 0.299. The summed E-state index contributed by atoms with van der Waals surface area (Å²) in [5.41, 5.74) is 0. The Morgan fingerprint density at radius 3 is 2.70 bits per heavy atom. The van der Waals surface area contributed by atoms with Crippen LogP contribution in [0.2, 0.25) is 0 Å². The predicted octanol–water partition coefficient (Wildman–Crippen LogP) is -0.596. The number of aliphatic imine (C=N–C) groups is 1. The maximum Gasteiger partial charge on any atom is 0.328 e. The summed E-state index contributed by atoms with van der Waals surface area (Å²) in [4.78, 5) is 13.3. The van der Waals surface area contributed by atoms with Gasteiger partial charge in [0.2, 0.25) is 0 Å². The Kier molecular flexibility index (Phi) is 3.17. The molecule has 1 N–H and O–H groups in total. The van der Waals surface area contributed by atoms with Gasteiger partial charge < -0.3 is 10.2 Å². The minimum absolute atomic E-state index is 0.602. The maximum absolute atomic E-state index is 10.4. The first kappa shape index (κ1) is 8.68. The van der Waals surface area contributed by atoms with Gasteiger partial charge in [0.25, 0.3) is 0 Å². The lowest BCUT2D eigenvalue weighted by Gasteiger charge is -2.06. The number of carboxylic acids is 1. The maximum atomic E-state index is 10.4. The fraction of sp³-hybridized carbons (Fsp3) is 0.333. The molecule has 0 aliphatic heterocycles. The number of aliphatic carboxylic acids is 1. The number of nitrogens with zero attached hydrogens (tertiary/aromatic N) is 1. The molecule has 0 aliphatic rings. The Hall–Kier alpha value is -1.32. The Bertz CT molecular complexity index is 174. The van der Waals surface area contributed by atoms with E-state index < -0.39 is 17.9 Å². The Balaban J connectivity index is 4.11. The van der Waals surface area contributed by atoms with Crippen molar-refractivity contribution in [1.82, 2.24) is 0 Å². The molecule has 0 spiro atoms. The van der Waals surface area contributed by atoms with E-state index in [4.69, 9.17) is 5.11 Å². The summed E-state index contributed by atoms with van der Waals surface area (Å²) in [7, 11) is 0. The zero-order valence-corrected chi connectivity index (χ0v) is 5.57. The van der Waals surface area contributed by atoms with Crippen molar-refractivity contribution < 1.29 is 15.0 Å². The van der Waals surface area contributed by atoms with E-state index in [1.54, 1.807) is 0 Å². The molecule has 0 amide bonds. The highest BCUT2D eigenvalue weighted by Gasteiger charge is 2.05. The summed E-state index contributed by atoms with van der Waals surface area (Å²) in [6.07, 6.45) is 0.972. The van der Waals surface area contributed by atoms with E-state index in [1.807, 2.05) is 0 Å². The van der Waals surface area contributed by atoms with Crippen LogP contribution in [-0.2, 0) is 4.79 Å². The topological polar surface area (TPSA) is 72.7 Å². The molecule has 1 atom stereocenters. The van der Waals surface area contributed by atoms with E-state index in [-0.39, 0.29) is 0 Å². The van der Waals surface area contributed by atoms with Gasteiger partial charge in [0.05, 0.1) is 0 Å². The molecule has 0 aromatic carbocycles. The monoisotopic (exact) mass is 142 g/mol. The second-order valence-electron chi connectivity index (χ2n) is 1.69. The molecule has 0 aromatic rings. The van der Waals surface area contributed by atoms with Gasteiger partial charge >= 0.3 is 5.97 Å². The molecule has 0 aromatic heterocycles. The summed E-state index contributed by atoms with van der Waals surface area (Å²) < 4.78 is 0. The third-order valence-electron chi connectivity index (χ3n) is 0.853. The third kappa shape index (κ3) is 2.86. The van der Waals surface area contributed by atoms with Gasteiger partial charge in [-0.1, -0.05) is 12.7 Å². The summed E-state index contributed by atoms with van der Waals surface area (Å²) in [5, 5.41) is 18.6. The Labute approximate surface area is 58.5 Å². The average molecular weight is 142 g/mol. The third-order valence-corrected chi connectivity index (χ3v) is 0.853. The van der Waals surface area contributed by atoms with Crippen LogP contribution in [0.5, 0.6) is 0 Å². The van der Waals surface area contributed by atoms with Crippen LogP contribution in [0.15, 0.2) is 17.6 Å². The van der Waals surface area contributed by atoms with Crippen molar-refractivity contribution in [2.75, 3.05) is 0 Å². The quantitative estimate of drug-likeness (QED) is 0.422. The van der Waals surface area contributed by atoms with Crippen LogP contribution in [0.4, 0.5) is 0 Å². The van der Waals surface area contributed by atoms with Gasteiger partial charge in [0.1, 0.15) is 6.04 Å². The van der Waals surface area contributed by atoms with Crippen molar-refractivity contribution in [3.8, 4) is 0 Å². The molecule has 0 aliphatic carbocycles. The molecule has 0 fully saturated rings. The lowest BCUT2D eigenvalue weighted by molar-refractivity contribution is -0.212. The molecule has 4 nitrogen and oxygen atoms in total. The van der Waals surface area contributed by atoms with E-state index in [2.05, 4.69) is 11.6 Å². The van der Waals surface area contributed by atoms with Crippen LogP contribution in [0.1, 0.15) is 6.92 Å². The minimum atomic E-state index is -1.12. The van der Waals surface area contributed by atoms with Gasteiger partial charge in [0, 0.05) is 0 Å². The molecule has 0 bridgehead atoms. The molecular formula is C6H8NO3-. The molecular weight excluding hydrogens is 134 g/mol. The fourth-order valence-corrected chi connectivity index (χ4v) is 0.299. The second kappa shape index (κ2) is 3.66. The minimum Gasteiger partial charge on any atom is -0.859 e. The molecule has 10 heavy (non-hydrogen) atoms. The number of hydrogen-bond donors (Lipinski definition) is 1. The first-order valence-corrected chi connectivity index (χ1v) is 2.68. The Morgan fingerprint density at radius 1 is 1.90 bits per heavy atom. The van der Waals surface area contributed by atoms with Crippen molar-refractivity contribution in [3.63, 3.8) is 0 Å². The van der Waals surface area contributed by atoms with Gasteiger partial charge in [-0.25, -0.2) is 4.79 Å². The van der Waals surface area contributed by atoms with Gasteiger partial charge in [-0.3, -0.25) is 4.99 Å². The standard InChI is InChI=1S/C6H9NO3/c1-3-5(8)7-4(2)6(9)10/h3-4H,1H2,2H3,(H,7,8)(H,9,10)/p-1. The van der Waals surface area contributed by atoms with Gasteiger partial charge in [-0.15, -0.1) is 0 Å². The van der Waals surface area contributed by atoms with E-state index in [9.17, 15) is 9.90 Å². The van der Waals surface area contributed by atoms with E-state index >= 15 is 0 Å². The van der Waals surface area contributed by atoms with Crippen LogP contribution in [0.3, 0.4) is 0 Å². The van der Waals surface area contributed by atoms with Gasteiger partial charge in [0.15, 0.2) is 0 Å². The Morgan fingerprint density at radius 2 is 2.40 bits per heavy atom. The normalized spacial score (nSPS) is 14.3. The average Bonchev–Trinajstić information content (AvgIpc) is 1.87. The van der Waals surface area contributed by atoms with Gasteiger partial charge in [-0.05, 0) is 12.8 Å². The number of carbonyl (C=O) groups is 1. The van der Waals surface area contributed by atoms with E-state index in [0.29, 0.717) is 0 Å². The van der Waals surface area contributed by atoms with Crippen molar-refractivity contribution in [2.24, 2.45) is 4.99 Å². The van der Waals surface area contributed by atoms with Crippen molar-refractivity contribution in [1.29, 1.82) is 0 Å². The van der Waals surface area contributed by atoms with Crippen LogP contribution in [0.25, 0.3) is 0 Å². The van der Waals surface area contributed by atoms with Crippen LogP contribution in [0, 0.1) is 0 Å². The van der Waals surface area contributed by atoms with Crippen molar-refractivity contribution >= 4 is 11.9 Å². The summed E-state index contributed by atoms with van der Waals surface area (Å²) >= 11 is 0. The first-order chi connectivity index (χ1) is 4.57. The zero-order chi connectivity index (χ0) is 8.15. The molecule has 0 saturated heterocycles. The van der Waals surface area contributed by atoms with E-state index in [0.717, 1.165) is 6.08 Å². The first-order valence-electron chi connectivity index (χ1n) is 2.68. The highest BCUT2D eigenvalue weighted by Crippen LogP contribution is 1.88. The van der Waals surface area contributed by atoms with Gasteiger partial charge in [-0.2, -0.15) is 0 Å². The van der Waals surface area contributed by atoms with Crippen molar-refractivity contribution in [3.05, 3.63) is 12.7 Å². The molecule has 56 valence electrons. The summed E-state index contributed by atoms with van der Waals surface area (Å²) in [6, 6.07) is -0.981. The molecule has 4 heteroatoms. The zero-order valence-electron chi connectivity index (χ0n) is 5.57. The largest absolute Gasteiger partial charge is 0.859 e. The van der Waals surface area contributed by atoms with Crippen LogP contribution >= 0.6 is 0 Å². The summed E-state index contributed by atoms with van der Waals surface area (Å²) in [6.45, 7) is 4.46. The lowest BCUT2D eigenvalue weighted by atomic mass is 10.4. The number of carboxylic acid groups (broad SMARTS) is 1. The summed E-state index contributed by atoms with van der Waals surface area (Å²) in [5.74, 6) is -1.72. The molecule has 1 unspecified atom stereocenters. The highest BCUT2D eigenvalue weighted by molar-refractivity contribution is 5.85. The van der Waals surface area contributed by atoms with Crippen molar-refractivity contribution in [2.45, 2.75) is 13.0 Å². The molecule has 0 saturated carbocycles. The van der Waals surface area contributed by atoms with Crippen LogP contribution in [-0.4, -0.2) is 23.0 Å². The lowest BCUT2D eigenvalue weighted by Crippen LogP contribution is -2.21. The number of rotatable bonds is 3. The van der Waals surface area contributed by atoms with E-state index in [1.165, 1.54) is 6.92 Å². The number of hydrogen-bond acceptors (Lipinski definition) is 3. The van der Waals surface area contributed by atoms with Crippen LogP contribution < -0.4 is 5.11 Å². The SMILES string of the molecule is C=CC([O-])=NC(C)C(=O)O. The molecule has 0 rings (SSSR count). The predicted molar refractivity (Wildman–Crippen MR) is 34.7 cm³/mol. The molecule has 0 radical (unpaired) electrons.